The van der Waals surface area contributed by atoms with E-state index in [-0.39, 0.29) is 5.82 Å². The second-order valence-corrected chi connectivity index (χ2v) is 7.73. The van der Waals surface area contributed by atoms with E-state index in [1.807, 2.05) is 23.0 Å². The molecule has 1 aromatic carbocycles. The van der Waals surface area contributed by atoms with E-state index in [0.29, 0.717) is 30.5 Å². The van der Waals surface area contributed by atoms with Gasteiger partial charge in [-0.25, -0.2) is 4.39 Å². The van der Waals surface area contributed by atoms with Crippen molar-refractivity contribution in [3.05, 3.63) is 65.8 Å². The van der Waals surface area contributed by atoms with Crippen molar-refractivity contribution in [1.82, 2.24) is 14.7 Å². The Balaban J connectivity index is 1.53. The molecule has 2 saturated heterocycles. The van der Waals surface area contributed by atoms with Crippen LogP contribution in [0.15, 0.2) is 43.1 Å². The fourth-order valence-electron chi connectivity index (χ4n) is 4.73. The molecule has 0 amide bonds. The molecule has 3 heterocycles. The number of benzene rings is 1. The van der Waals surface area contributed by atoms with Gasteiger partial charge in [0.15, 0.2) is 0 Å². The molecule has 138 valence electrons. The Hall–Kier alpha value is -1.98. The molecule has 0 saturated carbocycles. The van der Waals surface area contributed by atoms with Gasteiger partial charge in [-0.1, -0.05) is 18.2 Å². The Morgan fingerprint density at radius 3 is 2.73 bits per heavy atom. The molecule has 4 rings (SSSR count). The fraction of sp³-hybridized carbons (Fsp3) is 0.476. The molecule has 0 spiro atoms. The minimum Gasteiger partial charge on any atom is -0.385 e. The molecule has 26 heavy (non-hydrogen) atoms. The number of aromatic nitrogens is 2. The van der Waals surface area contributed by atoms with Crippen LogP contribution in [0.5, 0.6) is 0 Å². The zero-order valence-corrected chi connectivity index (χ0v) is 15.2. The zero-order chi connectivity index (χ0) is 18.3. The van der Waals surface area contributed by atoms with Crippen LogP contribution >= 0.6 is 0 Å². The van der Waals surface area contributed by atoms with Crippen molar-refractivity contribution in [3.63, 3.8) is 0 Å². The van der Waals surface area contributed by atoms with Crippen LogP contribution in [-0.2, 0) is 18.7 Å². The first-order chi connectivity index (χ1) is 12.5. The quantitative estimate of drug-likeness (QED) is 0.834. The van der Waals surface area contributed by atoms with E-state index in [2.05, 4.69) is 23.5 Å². The molecule has 2 aliphatic heterocycles. The van der Waals surface area contributed by atoms with Crippen LogP contribution in [0.25, 0.3) is 0 Å². The number of nitrogens with zero attached hydrogens (tertiary/aromatic N) is 3. The van der Waals surface area contributed by atoms with Gasteiger partial charge in [-0.2, -0.15) is 5.10 Å². The van der Waals surface area contributed by atoms with Gasteiger partial charge in [0.05, 0.1) is 18.3 Å². The smallest absolute Gasteiger partial charge is 0.123 e. The van der Waals surface area contributed by atoms with Crippen molar-refractivity contribution in [2.24, 2.45) is 0 Å². The summed E-state index contributed by atoms with van der Waals surface area (Å²) in [6.45, 7) is 7.46. The van der Waals surface area contributed by atoms with E-state index >= 15 is 0 Å². The van der Waals surface area contributed by atoms with Crippen LogP contribution < -0.4 is 0 Å². The summed E-state index contributed by atoms with van der Waals surface area (Å²) in [4.78, 5) is 2.51. The lowest BCUT2D eigenvalue weighted by molar-refractivity contribution is -0.0597. The van der Waals surface area contributed by atoms with E-state index < -0.39 is 5.60 Å². The van der Waals surface area contributed by atoms with Crippen molar-refractivity contribution in [1.29, 1.82) is 0 Å². The van der Waals surface area contributed by atoms with Crippen LogP contribution in [0.4, 0.5) is 4.39 Å². The lowest BCUT2D eigenvalue weighted by Crippen LogP contribution is -2.49. The minimum absolute atomic E-state index is 0.282. The van der Waals surface area contributed by atoms with E-state index in [4.69, 9.17) is 0 Å². The number of piperidine rings is 1. The van der Waals surface area contributed by atoms with Crippen LogP contribution in [0.1, 0.15) is 42.5 Å². The summed E-state index contributed by atoms with van der Waals surface area (Å²) in [5, 5.41) is 15.7. The minimum atomic E-state index is -0.924. The average Bonchev–Trinajstić information content (AvgIpc) is 3.07. The summed E-state index contributed by atoms with van der Waals surface area (Å²) < 4.78 is 15.6. The van der Waals surface area contributed by atoms with Gasteiger partial charge in [0.25, 0.3) is 0 Å². The third-order valence-electron chi connectivity index (χ3n) is 6.14. The van der Waals surface area contributed by atoms with Gasteiger partial charge in [0.1, 0.15) is 5.82 Å². The molecule has 2 fully saturated rings. The monoisotopic (exact) mass is 355 g/mol. The molecule has 2 aliphatic rings. The van der Waals surface area contributed by atoms with Crippen LogP contribution in [-0.4, -0.2) is 31.9 Å². The highest BCUT2D eigenvalue weighted by molar-refractivity contribution is 5.26. The van der Waals surface area contributed by atoms with E-state index in [0.717, 1.165) is 25.9 Å². The first kappa shape index (κ1) is 17.4. The highest BCUT2D eigenvalue weighted by Crippen LogP contribution is 2.46. The Labute approximate surface area is 153 Å². The van der Waals surface area contributed by atoms with E-state index in [9.17, 15) is 9.50 Å². The summed E-state index contributed by atoms with van der Waals surface area (Å²) >= 11 is 0. The van der Waals surface area contributed by atoms with Gasteiger partial charge in [0.2, 0.25) is 0 Å². The highest BCUT2D eigenvalue weighted by atomic mass is 19.1. The van der Waals surface area contributed by atoms with Crippen molar-refractivity contribution < 1.29 is 9.50 Å². The van der Waals surface area contributed by atoms with Crippen LogP contribution in [0, 0.1) is 12.7 Å². The molecule has 2 aromatic rings. The van der Waals surface area contributed by atoms with Crippen molar-refractivity contribution in [2.45, 2.75) is 63.4 Å². The van der Waals surface area contributed by atoms with Gasteiger partial charge in [0, 0.05) is 29.9 Å². The molecule has 0 unspecified atom stereocenters. The van der Waals surface area contributed by atoms with Crippen molar-refractivity contribution in [3.8, 4) is 0 Å². The summed E-state index contributed by atoms with van der Waals surface area (Å²) in [7, 11) is 0. The molecule has 2 bridgehead atoms. The number of rotatable bonds is 5. The number of halogens is 1. The summed E-state index contributed by atoms with van der Waals surface area (Å²) in [6.07, 6.45) is 7.29. The molecule has 0 aliphatic carbocycles. The second kappa shape index (κ2) is 6.63. The van der Waals surface area contributed by atoms with Crippen LogP contribution in [0.3, 0.4) is 0 Å². The molecular formula is C21H26FN3O. The lowest BCUT2D eigenvalue weighted by Gasteiger charge is -2.44. The average molecular weight is 355 g/mol. The van der Waals surface area contributed by atoms with Gasteiger partial charge in [-0.15, -0.1) is 6.58 Å². The summed E-state index contributed by atoms with van der Waals surface area (Å²) in [6, 6.07) is 7.10. The summed E-state index contributed by atoms with van der Waals surface area (Å²) in [5.74, 6) is -0.282. The predicted octanol–water partition coefficient (Wildman–Crippen LogP) is 3.53. The second-order valence-electron chi connectivity index (χ2n) is 7.73. The maximum atomic E-state index is 13.6. The normalized spacial score (nSPS) is 28.4. The highest BCUT2D eigenvalue weighted by Gasteiger charge is 2.48. The SMILES string of the molecule is C=CCn1ncc(CN2[C@H]3CC[C@H]2CC(O)(c2cccc(F)c2)C3)c1C. The summed E-state index contributed by atoms with van der Waals surface area (Å²) in [5.41, 5.74) is 2.20. The molecular weight excluding hydrogens is 329 g/mol. The first-order valence-corrected chi connectivity index (χ1v) is 9.36. The first-order valence-electron chi connectivity index (χ1n) is 9.36. The topological polar surface area (TPSA) is 41.3 Å². The van der Waals surface area contributed by atoms with E-state index in [1.54, 1.807) is 6.07 Å². The lowest BCUT2D eigenvalue weighted by atomic mass is 9.80. The number of hydrogen-bond acceptors (Lipinski definition) is 3. The Kier molecular flexibility index (Phi) is 4.45. The molecule has 2 atom stereocenters. The third kappa shape index (κ3) is 2.99. The van der Waals surface area contributed by atoms with Crippen molar-refractivity contribution >= 4 is 0 Å². The van der Waals surface area contributed by atoms with Crippen LogP contribution in [0.2, 0.25) is 0 Å². The maximum absolute atomic E-state index is 13.6. The molecule has 1 N–H and O–H groups in total. The molecule has 1 aromatic heterocycles. The van der Waals surface area contributed by atoms with Gasteiger partial charge < -0.3 is 5.11 Å². The van der Waals surface area contributed by atoms with E-state index in [1.165, 1.54) is 23.4 Å². The number of aliphatic hydroxyl groups is 1. The molecule has 4 nitrogen and oxygen atoms in total. The predicted molar refractivity (Wildman–Crippen MR) is 99.0 cm³/mol. The zero-order valence-electron chi connectivity index (χ0n) is 15.2. The standard InChI is InChI=1S/C21H26FN3O/c1-3-9-25-15(2)16(13-23-25)14-24-19-7-8-20(24)12-21(26,11-19)17-5-4-6-18(22)10-17/h3-6,10,13,19-20,26H,1,7-9,11-12,14H2,2H3/t19-,20-/m0/s1. The molecule has 0 radical (unpaired) electrons. The number of fused-ring (bicyclic) bond motifs is 2. The number of hydrogen-bond donors (Lipinski definition) is 1. The fourth-order valence-corrected chi connectivity index (χ4v) is 4.73. The van der Waals surface area contributed by atoms with Crippen molar-refractivity contribution in [2.75, 3.05) is 0 Å². The van der Waals surface area contributed by atoms with Gasteiger partial charge in [-0.3, -0.25) is 9.58 Å². The number of allylic oxidation sites excluding steroid dienone is 1. The van der Waals surface area contributed by atoms with Gasteiger partial charge >= 0.3 is 0 Å². The third-order valence-corrected chi connectivity index (χ3v) is 6.14. The largest absolute Gasteiger partial charge is 0.385 e. The molecule has 5 heteroatoms. The Morgan fingerprint density at radius 1 is 1.35 bits per heavy atom. The Bertz CT molecular complexity index is 801. The van der Waals surface area contributed by atoms with Gasteiger partial charge in [-0.05, 0) is 50.3 Å². The maximum Gasteiger partial charge on any atom is 0.123 e. The Morgan fingerprint density at radius 2 is 2.08 bits per heavy atom.